The first kappa shape index (κ1) is 15.1. The van der Waals surface area contributed by atoms with E-state index in [4.69, 9.17) is 16.7 Å². The van der Waals surface area contributed by atoms with Crippen molar-refractivity contribution in [3.8, 4) is 0 Å². The summed E-state index contributed by atoms with van der Waals surface area (Å²) in [6.07, 6.45) is -2.45. The molecule has 0 unspecified atom stereocenters. The Bertz CT molecular complexity index is 377. The third-order valence-electron chi connectivity index (χ3n) is 2.48. The fourth-order valence-corrected chi connectivity index (χ4v) is 1.99. The summed E-state index contributed by atoms with van der Waals surface area (Å²) in [5.41, 5.74) is 1.50. The lowest BCUT2D eigenvalue weighted by Crippen LogP contribution is -2.32. The molecule has 0 aliphatic carbocycles. The molecule has 2 N–H and O–H groups in total. The van der Waals surface area contributed by atoms with Crippen LogP contribution < -0.4 is 10.2 Å². The zero-order valence-corrected chi connectivity index (χ0v) is 10.9. The lowest BCUT2D eigenvalue weighted by molar-refractivity contribution is 0.152. The standard InChI is InChI=1S/C12H17ClF2N2O/c1-16-7-9-6-10(13)2-3-11(9)17(4-5-18)8-12(14)15/h2-3,6,12,16,18H,4-5,7-8H2,1H3. The van der Waals surface area contributed by atoms with Crippen LogP contribution in [0.4, 0.5) is 14.5 Å². The molecule has 6 heteroatoms. The Morgan fingerprint density at radius 1 is 1.44 bits per heavy atom. The first-order valence-corrected chi connectivity index (χ1v) is 6.03. The highest BCUT2D eigenvalue weighted by Crippen LogP contribution is 2.25. The Morgan fingerprint density at radius 2 is 2.17 bits per heavy atom. The summed E-state index contributed by atoms with van der Waals surface area (Å²) in [5.74, 6) is 0. The minimum atomic E-state index is -2.45. The fourth-order valence-electron chi connectivity index (χ4n) is 1.79. The second kappa shape index (κ2) is 7.51. The molecule has 102 valence electrons. The molecule has 0 saturated carbocycles. The number of alkyl halides is 2. The number of aliphatic hydroxyl groups excluding tert-OH is 1. The molecule has 1 rings (SSSR count). The molecule has 0 saturated heterocycles. The highest BCUT2D eigenvalue weighted by atomic mass is 35.5. The molecule has 0 amide bonds. The molecule has 1 aromatic carbocycles. The summed E-state index contributed by atoms with van der Waals surface area (Å²) < 4.78 is 25.1. The average Bonchev–Trinajstić information content (AvgIpc) is 2.28. The van der Waals surface area contributed by atoms with Crippen molar-refractivity contribution < 1.29 is 13.9 Å². The van der Waals surface area contributed by atoms with Gasteiger partial charge in [-0.1, -0.05) is 11.6 Å². The van der Waals surface area contributed by atoms with E-state index in [0.717, 1.165) is 5.56 Å². The molecule has 0 atom stereocenters. The molecule has 0 heterocycles. The van der Waals surface area contributed by atoms with Gasteiger partial charge in [0.1, 0.15) is 0 Å². The molecule has 18 heavy (non-hydrogen) atoms. The fraction of sp³-hybridized carbons (Fsp3) is 0.500. The van der Waals surface area contributed by atoms with Crippen LogP contribution in [-0.2, 0) is 6.54 Å². The van der Waals surface area contributed by atoms with Crippen LogP contribution in [-0.4, -0.2) is 38.3 Å². The highest BCUT2D eigenvalue weighted by molar-refractivity contribution is 6.30. The second-order valence-corrected chi connectivity index (χ2v) is 4.30. The van der Waals surface area contributed by atoms with Crippen LogP contribution in [0.3, 0.4) is 0 Å². The van der Waals surface area contributed by atoms with Gasteiger partial charge in [-0.3, -0.25) is 0 Å². The minimum absolute atomic E-state index is 0.169. The first-order chi connectivity index (χ1) is 8.58. The van der Waals surface area contributed by atoms with Crippen molar-refractivity contribution in [3.63, 3.8) is 0 Å². The predicted octanol–water partition coefficient (Wildman–Crippen LogP) is 2.12. The summed E-state index contributed by atoms with van der Waals surface area (Å²) in [6.45, 7) is 0.122. The summed E-state index contributed by atoms with van der Waals surface area (Å²) >= 11 is 5.90. The van der Waals surface area contributed by atoms with E-state index in [1.165, 1.54) is 4.90 Å². The van der Waals surface area contributed by atoms with Gasteiger partial charge in [-0.2, -0.15) is 0 Å². The van der Waals surface area contributed by atoms with E-state index >= 15 is 0 Å². The molecular weight excluding hydrogens is 262 g/mol. The summed E-state index contributed by atoms with van der Waals surface area (Å²) in [5, 5.41) is 12.5. The van der Waals surface area contributed by atoms with Crippen molar-refractivity contribution >= 4 is 17.3 Å². The molecule has 3 nitrogen and oxygen atoms in total. The van der Waals surface area contributed by atoms with Crippen LogP contribution in [0.5, 0.6) is 0 Å². The number of benzene rings is 1. The first-order valence-electron chi connectivity index (χ1n) is 5.65. The molecule has 0 spiro atoms. The van der Waals surface area contributed by atoms with Gasteiger partial charge in [0.25, 0.3) is 6.43 Å². The van der Waals surface area contributed by atoms with Crippen LogP contribution in [0, 0.1) is 0 Å². The Labute approximate surface area is 110 Å². The van der Waals surface area contributed by atoms with Gasteiger partial charge in [0.05, 0.1) is 13.2 Å². The summed E-state index contributed by atoms with van der Waals surface area (Å²) in [4.78, 5) is 1.47. The van der Waals surface area contributed by atoms with Gasteiger partial charge in [-0.25, -0.2) is 8.78 Å². The molecule has 0 radical (unpaired) electrons. The molecule has 0 aromatic heterocycles. The molecule has 0 aliphatic rings. The number of rotatable bonds is 7. The highest BCUT2D eigenvalue weighted by Gasteiger charge is 2.15. The predicted molar refractivity (Wildman–Crippen MR) is 69.5 cm³/mol. The number of nitrogens with zero attached hydrogens (tertiary/aromatic N) is 1. The van der Waals surface area contributed by atoms with Gasteiger partial charge in [0, 0.05) is 23.8 Å². The van der Waals surface area contributed by atoms with Crippen LogP contribution in [0.2, 0.25) is 5.02 Å². The smallest absolute Gasteiger partial charge is 0.255 e. The molecule has 0 aliphatic heterocycles. The Kier molecular flexibility index (Phi) is 6.32. The van der Waals surface area contributed by atoms with E-state index in [0.29, 0.717) is 17.3 Å². The normalized spacial score (nSPS) is 11.0. The van der Waals surface area contributed by atoms with E-state index in [1.807, 2.05) is 0 Å². The van der Waals surface area contributed by atoms with Crippen LogP contribution >= 0.6 is 11.6 Å². The van der Waals surface area contributed by atoms with Crippen molar-refractivity contribution in [1.82, 2.24) is 5.32 Å². The van der Waals surface area contributed by atoms with Gasteiger partial charge in [0.15, 0.2) is 0 Å². The molecule has 0 bridgehead atoms. The number of hydrogen-bond donors (Lipinski definition) is 2. The van der Waals surface area contributed by atoms with E-state index in [1.54, 1.807) is 25.2 Å². The molecule has 1 aromatic rings. The van der Waals surface area contributed by atoms with Gasteiger partial charge in [-0.15, -0.1) is 0 Å². The lowest BCUT2D eigenvalue weighted by atomic mass is 10.1. The van der Waals surface area contributed by atoms with Crippen molar-refractivity contribution in [1.29, 1.82) is 0 Å². The monoisotopic (exact) mass is 278 g/mol. The quantitative estimate of drug-likeness (QED) is 0.802. The average molecular weight is 279 g/mol. The van der Waals surface area contributed by atoms with E-state index in [9.17, 15) is 8.78 Å². The number of hydrogen-bond acceptors (Lipinski definition) is 3. The third kappa shape index (κ3) is 4.40. The maximum atomic E-state index is 12.5. The maximum absolute atomic E-state index is 12.5. The van der Waals surface area contributed by atoms with Gasteiger partial charge in [0.2, 0.25) is 0 Å². The van der Waals surface area contributed by atoms with Crippen molar-refractivity contribution in [2.45, 2.75) is 13.0 Å². The largest absolute Gasteiger partial charge is 0.395 e. The van der Waals surface area contributed by atoms with Crippen LogP contribution in [0.15, 0.2) is 18.2 Å². The zero-order chi connectivity index (χ0) is 13.5. The summed E-state index contributed by atoms with van der Waals surface area (Å²) in [6, 6.07) is 5.10. The SMILES string of the molecule is CNCc1cc(Cl)ccc1N(CCO)CC(F)F. The van der Waals surface area contributed by atoms with E-state index < -0.39 is 13.0 Å². The van der Waals surface area contributed by atoms with Crippen LogP contribution in [0.25, 0.3) is 0 Å². The van der Waals surface area contributed by atoms with E-state index in [2.05, 4.69) is 5.32 Å². The Hall–Kier alpha value is -0.910. The zero-order valence-electron chi connectivity index (χ0n) is 10.2. The number of halogens is 3. The Morgan fingerprint density at radius 3 is 2.72 bits per heavy atom. The van der Waals surface area contributed by atoms with E-state index in [-0.39, 0.29) is 13.2 Å². The van der Waals surface area contributed by atoms with Crippen molar-refractivity contribution in [2.75, 3.05) is 31.6 Å². The maximum Gasteiger partial charge on any atom is 0.255 e. The molecular formula is C12H17ClF2N2O. The second-order valence-electron chi connectivity index (χ2n) is 3.86. The number of aliphatic hydroxyl groups is 1. The summed E-state index contributed by atoms with van der Waals surface area (Å²) in [7, 11) is 1.77. The van der Waals surface area contributed by atoms with Crippen molar-refractivity contribution in [2.24, 2.45) is 0 Å². The number of nitrogens with one attached hydrogen (secondary N) is 1. The van der Waals surface area contributed by atoms with Gasteiger partial charge < -0.3 is 15.3 Å². The minimum Gasteiger partial charge on any atom is -0.395 e. The van der Waals surface area contributed by atoms with Crippen molar-refractivity contribution in [3.05, 3.63) is 28.8 Å². The number of anilines is 1. The van der Waals surface area contributed by atoms with Gasteiger partial charge in [-0.05, 0) is 30.8 Å². The lowest BCUT2D eigenvalue weighted by Gasteiger charge is -2.26. The molecule has 0 fully saturated rings. The Balaban J connectivity index is 3.01. The van der Waals surface area contributed by atoms with Crippen LogP contribution in [0.1, 0.15) is 5.56 Å². The van der Waals surface area contributed by atoms with Gasteiger partial charge >= 0.3 is 0 Å². The topological polar surface area (TPSA) is 35.5 Å². The third-order valence-corrected chi connectivity index (χ3v) is 2.71.